The lowest BCUT2D eigenvalue weighted by Gasteiger charge is -2.12. The fourth-order valence-electron chi connectivity index (χ4n) is 1.90. The van der Waals surface area contributed by atoms with Gasteiger partial charge in [-0.15, -0.1) is 0 Å². The Morgan fingerprint density at radius 2 is 2.31 bits per heavy atom. The predicted octanol–water partition coefficient (Wildman–Crippen LogP) is 2.13. The van der Waals surface area contributed by atoms with Crippen molar-refractivity contribution in [2.24, 2.45) is 0 Å². The van der Waals surface area contributed by atoms with Gasteiger partial charge in [-0.05, 0) is 32.4 Å². The van der Waals surface area contributed by atoms with Gasteiger partial charge in [-0.2, -0.15) is 0 Å². The van der Waals surface area contributed by atoms with E-state index in [9.17, 15) is 5.11 Å². The third kappa shape index (κ3) is 1.68. The highest BCUT2D eigenvalue weighted by Crippen LogP contribution is 2.30. The average molecular weight is 177 g/mol. The molecular formula is C11H15NO. The fraction of sp³-hybridized carbons (Fsp3) is 0.455. The molecule has 2 heteroatoms. The summed E-state index contributed by atoms with van der Waals surface area (Å²) in [6, 6.07) is 6.15. The molecular weight excluding hydrogens is 162 g/mol. The molecule has 13 heavy (non-hydrogen) atoms. The zero-order valence-electron chi connectivity index (χ0n) is 7.88. The molecule has 0 amide bonds. The molecule has 2 rings (SSSR count). The predicted molar refractivity (Wildman–Crippen MR) is 52.8 cm³/mol. The van der Waals surface area contributed by atoms with E-state index in [1.807, 2.05) is 6.07 Å². The number of nitrogens with one attached hydrogen (secondary N) is 1. The Labute approximate surface area is 78.6 Å². The van der Waals surface area contributed by atoms with Crippen LogP contribution in [-0.2, 0) is 0 Å². The summed E-state index contributed by atoms with van der Waals surface area (Å²) in [6.45, 7) is 3.12. The molecule has 0 aromatic heterocycles. The summed E-state index contributed by atoms with van der Waals surface area (Å²) in [5.74, 6) is 0.421. The van der Waals surface area contributed by atoms with Crippen molar-refractivity contribution in [1.29, 1.82) is 0 Å². The first-order valence-electron chi connectivity index (χ1n) is 4.80. The van der Waals surface area contributed by atoms with Crippen molar-refractivity contribution >= 4 is 0 Å². The average Bonchev–Trinajstić information content (AvgIpc) is 2.61. The maximum absolute atomic E-state index is 9.66. The first-order valence-corrected chi connectivity index (χ1v) is 4.80. The molecule has 0 saturated carbocycles. The van der Waals surface area contributed by atoms with Gasteiger partial charge in [0, 0.05) is 11.6 Å². The highest BCUT2D eigenvalue weighted by molar-refractivity contribution is 5.38. The van der Waals surface area contributed by atoms with Crippen molar-refractivity contribution in [3.05, 3.63) is 29.3 Å². The van der Waals surface area contributed by atoms with E-state index in [2.05, 4.69) is 18.3 Å². The first kappa shape index (κ1) is 8.57. The Balaban J connectivity index is 2.32. The Hall–Kier alpha value is -1.02. The molecule has 1 aliphatic rings. The third-order valence-corrected chi connectivity index (χ3v) is 2.62. The van der Waals surface area contributed by atoms with Crippen LogP contribution in [0.4, 0.5) is 0 Å². The van der Waals surface area contributed by atoms with Crippen LogP contribution in [0.15, 0.2) is 18.2 Å². The van der Waals surface area contributed by atoms with E-state index in [0.29, 0.717) is 11.8 Å². The lowest BCUT2D eigenvalue weighted by atomic mass is 10.0. The molecule has 2 N–H and O–H groups in total. The number of phenols is 1. The Bertz CT molecular complexity index is 303. The van der Waals surface area contributed by atoms with Crippen LogP contribution in [0.25, 0.3) is 0 Å². The van der Waals surface area contributed by atoms with Gasteiger partial charge in [-0.3, -0.25) is 0 Å². The molecule has 2 nitrogen and oxygen atoms in total. The van der Waals surface area contributed by atoms with E-state index in [1.54, 1.807) is 6.07 Å². The van der Waals surface area contributed by atoms with Crippen LogP contribution in [0.3, 0.4) is 0 Å². The van der Waals surface area contributed by atoms with Gasteiger partial charge < -0.3 is 10.4 Å². The largest absolute Gasteiger partial charge is 0.508 e. The van der Waals surface area contributed by atoms with Gasteiger partial charge >= 0.3 is 0 Å². The van der Waals surface area contributed by atoms with Crippen molar-refractivity contribution in [3.63, 3.8) is 0 Å². The van der Waals surface area contributed by atoms with E-state index < -0.39 is 0 Å². The third-order valence-electron chi connectivity index (χ3n) is 2.62. The zero-order valence-corrected chi connectivity index (χ0v) is 7.88. The molecule has 0 unspecified atom stereocenters. The van der Waals surface area contributed by atoms with E-state index in [-0.39, 0.29) is 0 Å². The molecule has 70 valence electrons. The molecule has 1 heterocycles. The van der Waals surface area contributed by atoms with Crippen LogP contribution in [0.2, 0.25) is 0 Å². The minimum atomic E-state index is 0.361. The number of benzene rings is 1. The van der Waals surface area contributed by atoms with Crippen LogP contribution >= 0.6 is 0 Å². The minimum absolute atomic E-state index is 0.361. The van der Waals surface area contributed by atoms with Crippen LogP contribution < -0.4 is 5.32 Å². The second kappa shape index (κ2) is 3.38. The zero-order chi connectivity index (χ0) is 9.26. The fourth-order valence-corrected chi connectivity index (χ4v) is 1.90. The lowest BCUT2D eigenvalue weighted by molar-refractivity contribution is 0.457. The topological polar surface area (TPSA) is 32.3 Å². The Kier molecular flexibility index (Phi) is 2.23. The molecule has 0 radical (unpaired) electrons. The van der Waals surface area contributed by atoms with E-state index in [0.717, 1.165) is 18.5 Å². The van der Waals surface area contributed by atoms with Crippen molar-refractivity contribution in [2.75, 3.05) is 6.54 Å². The monoisotopic (exact) mass is 177 g/mol. The van der Waals surface area contributed by atoms with Gasteiger partial charge in [-0.1, -0.05) is 17.7 Å². The van der Waals surface area contributed by atoms with Crippen molar-refractivity contribution in [2.45, 2.75) is 25.8 Å². The molecule has 1 aliphatic heterocycles. The van der Waals surface area contributed by atoms with Crippen LogP contribution in [0, 0.1) is 6.92 Å². The van der Waals surface area contributed by atoms with E-state index in [1.165, 1.54) is 12.0 Å². The maximum atomic E-state index is 9.66. The van der Waals surface area contributed by atoms with Gasteiger partial charge in [0.25, 0.3) is 0 Å². The molecule has 0 bridgehead atoms. The first-order chi connectivity index (χ1) is 6.27. The smallest absolute Gasteiger partial charge is 0.120 e. The van der Waals surface area contributed by atoms with Crippen LogP contribution in [-0.4, -0.2) is 11.7 Å². The highest BCUT2D eigenvalue weighted by atomic mass is 16.3. The summed E-state index contributed by atoms with van der Waals surface area (Å²) in [4.78, 5) is 0. The highest BCUT2D eigenvalue weighted by Gasteiger charge is 2.18. The normalized spacial score (nSPS) is 22.1. The summed E-state index contributed by atoms with van der Waals surface area (Å²) in [5.41, 5.74) is 2.26. The quantitative estimate of drug-likeness (QED) is 0.688. The molecule has 1 saturated heterocycles. The number of hydrogen-bond acceptors (Lipinski definition) is 2. The van der Waals surface area contributed by atoms with Crippen LogP contribution in [0.5, 0.6) is 5.75 Å². The van der Waals surface area contributed by atoms with Crippen molar-refractivity contribution in [3.8, 4) is 5.75 Å². The maximum Gasteiger partial charge on any atom is 0.120 e. The van der Waals surface area contributed by atoms with Gasteiger partial charge in [0.1, 0.15) is 5.75 Å². The number of aryl methyl sites for hydroxylation is 1. The molecule has 0 spiro atoms. The molecule has 1 aromatic rings. The second-order valence-corrected chi connectivity index (χ2v) is 3.71. The number of phenolic OH excluding ortho intramolecular Hbond substituents is 1. The Morgan fingerprint density at radius 3 is 3.00 bits per heavy atom. The number of aromatic hydroxyl groups is 1. The standard InChI is InChI=1S/C11H15NO/c1-8-4-5-11(13)9(7-8)10-3-2-6-12-10/h4-5,7,10,12-13H,2-3,6H2,1H3/t10-/m0/s1. The van der Waals surface area contributed by atoms with Crippen molar-refractivity contribution < 1.29 is 5.11 Å². The van der Waals surface area contributed by atoms with E-state index in [4.69, 9.17) is 0 Å². The minimum Gasteiger partial charge on any atom is -0.508 e. The summed E-state index contributed by atoms with van der Waals surface area (Å²) in [6.07, 6.45) is 2.34. The van der Waals surface area contributed by atoms with Crippen LogP contribution in [0.1, 0.15) is 30.0 Å². The van der Waals surface area contributed by atoms with Crippen molar-refractivity contribution in [1.82, 2.24) is 5.32 Å². The molecule has 1 fully saturated rings. The van der Waals surface area contributed by atoms with E-state index >= 15 is 0 Å². The summed E-state index contributed by atoms with van der Waals surface area (Å²) < 4.78 is 0. The van der Waals surface area contributed by atoms with Gasteiger partial charge in [0.05, 0.1) is 0 Å². The van der Waals surface area contributed by atoms with Gasteiger partial charge in [0.2, 0.25) is 0 Å². The molecule has 1 aromatic carbocycles. The second-order valence-electron chi connectivity index (χ2n) is 3.71. The number of rotatable bonds is 1. The van der Waals surface area contributed by atoms with Gasteiger partial charge in [0.15, 0.2) is 0 Å². The summed E-state index contributed by atoms with van der Waals surface area (Å²) in [7, 11) is 0. The lowest BCUT2D eigenvalue weighted by Crippen LogP contribution is -2.12. The SMILES string of the molecule is Cc1ccc(O)c([C@@H]2CCCN2)c1. The summed E-state index contributed by atoms with van der Waals surface area (Å²) in [5, 5.41) is 13.0. The number of hydrogen-bond donors (Lipinski definition) is 2. The molecule has 0 aliphatic carbocycles. The molecule has 1 atom stereocenters. The summed E-state index contributed by atoms with van der Waals surface area (Å²) >= 11 is 0. The van der Waals surface area contributed by atoms with Gasteiger partial charge in [-0.25, -0.2) is 0 Å². The Morgan fingerprint density at radius 1 is 1.46 bits per heavy atom.